The van der Waals surface area contributed by atoms with Gasteiger partial charge >= 0.3 is 0 Å². The highest BCUT2D eigenvalue weighted by Crippen LogP contribution is 2.34. The number of piperidine rings is 1. The summed E-state index contributed by atoms with van der Waals surface area (Å²) in [5.74, 6) is 1.32. The molecule has 27 heavy (non-hydrogen) atoms. The lowest BCUT2D eigenvalue weighted by Gasteiger charge is -2.34. The predicted octanol–water partition coefficient (Wildman–Crippen LogP) is 3.50. The maximum Gasteiger partial charge on any atom is 0.228 e. The summed E-state index contributed by atoms with van der Waals surface area (Å²) < 4.78 is 5.42. The minimum absolute atomic E-state index is 0.0344. The zero-order valence-corrected chi connectivity index (χ0v) is 16.1. The van der Waals surface area contributed by atoms with Gasteiger partial charge in [0.1, 0.15) is 5.82 Å². The number of carbonyl (C=O) groups is 1. The summed E-state index contributed by atoms with van der Waals surface area (Å²) in [6.45, 7) is 6.89. The van der Waals surface area contributed by atoms with Crippen LogP contribution in [0.15, 0.2) is 30.5 Å². The molecule has 0 aliphatic carbocycles. The van der Waals surface area contributed by atoms with Crippen molar-refractivity contribution in [1.82, 2.24) is 14.9 Å². The van der Waals surface area contributed by atoms with E-state index < -0.39 is 0 Å². The lowest BCUT2D eigenvalue weighted by molar-refractivity contribution is -0.136. The van der Waals surface area contributed by atoms with E-state index in [9.17, 15) is 4.79 Å². The molecule has 0 N–H and O–H groups in total. The molecule has 2 saturated heterocycles. The van der Waals surface area contributed by atoms with Gasteiger partial charge in [0.25, 0.3) is 0 Å². The van der Waals surface area contributed by atoms with Crippen LogP contribution in [0.3, 0.4) is 0 Å². The molecule has 5 heteroatoms. The SMILES string of the molecule is Cc1cccc(-c2cnc(C)nc2[C@H]2CCCN(C(=O)[C@@H]3CCOC3)C2)c1. The Morgan fingerprint density at radius 3 is 2.93 bits per heavy atom. The zero-order valence-electron chi connectivity index (χ0n) is 16.1. The van der Waals surface area contributed by atoms with Gasteiger partial charge in [0.05, 0.1) is 18.2 Å². The van der Waals surface area contributed by atoms with E-state index >= 15 is 0 Å². The molecule has 0 radical (unpaired) electrons. The number of amides is 1. The summed E-state index contributed by atoms with van der Waals surface area (Å²) in [5, 5.41) is 0. The van der Waals surface area contributed by atoms with Gasteiger partial charge in [-0.15, -0.1) is 0 Å². The number of hydrogen-bond acceptors (Lipinski definition) is 4. The van der Waals surface area contributed by atoms with Crippen LogP contribution in [-0.4, -0.2) is 47.1 Å². The van der Waals surface area contributed by atoms with Crippen molar-refractivity contribution in [3.8, 4) is 11.1 Å². The smallest absolute Gasteiger partial charge is 0.228 e. The minimum Gasteiger partial charge on any atom is -0.381 e. The van der Waals surface area contributed by atoms with E-state index in [1.54, 1.807) is 0 Å². The van der Waals surface area contributed by atoms with E-state index in [0.717, 1.165) is 55.0 Å². The fourth-order valence-electron chi connectivity index (χ4n) is 4.22. The van der Waals surface area contributed by atoms with Crippen LogP contribution in [0.25, 0.3) is 11.1 Å². The number of carbonyl (C=O) groups excluding carboxylic acids is 1. The Morgan fingerprint density at radius 1 is 1.26 bits per heavy atom. The average molecular weight is 365 g/mol. The Hall–Kier alpha value is -2.27. The second kappa shape index (κ2) is 7.77. The second-order valence-electron chi connectivity index (χ2n) is 7.77. The molecule has 2 aliphatic rings. The summed E-state index contributed by atoms with van der Waals surface area (Å²) in [5.41, 5.74) is 4.54. The highest BCUT2D eigenvalue weighted by molar-refractivity contribution is 5.79. The van der Waals surface area contributed by atoms with Crippen molar-refractivity contribution >= 4 is 5.91 Å². The van der Waals surface area contributed by atoms with Gasteiger partial charge < -0.3 is 9.64 Å². The van der Waals surface area contributed by atoms with E-state index in [0.29, 0.717) is 13.2 Å². The molecule has 1 aromatic carbocycles. The Kier molecular flexibility index (Phi) is 5.21. The van der Waals surface area contributed by atoms with Gasteiger partial charge in [0.2, 0.25) is 5.91 Å². The standard InChI is InChI=1S/C22H27N3O2/c1-15-5-3-6-17(11-15)20-12-23-16(2)24-21(20)18-7-4-9-25(13-18)22(26)19-8-10-27-14-19/h3,5-6,11-12,18-19H,4,7-10,13-14H2,1-2H3/t18-,19+/m0/s1. The van der Waals surface area contributed by atoms with E-state index in [4.69, 9.17) is 9.72 Å². The van der Waals surface area contributed by atoms with E-state index in [1.165, 1.54) is 5.56 Å². The van der Waals surface area contributed by atoms with Gasteiger partial charge in [-0.2, -0.15) is 0 Å². The first-order valence-corrected chi connectivity index (χ1v) is 9.89. The number of benzene rings is 1. The molecule has 2 aliphatic heterocycles. The molecular formula is C22H27N3O2. The molecule has 0 saturated carbocycles. The first-order valence-electron chi connectivity index (χ1n) is 9.89. The summed E-state index contributed by atoms with van der Waals surface area (Å²) in [4.78, 5) is 24.2. The van der Waals surface area contributed by atoms with Crippen LogP contribution in [0.1, 0.15) is 42.3 Å². The predicted molar refractivity (Wildman–Crippen MR) is 104 cm³/mol. The third-order valence-electron chi connectivity index (χ3n) is 5.67. The van der Waals surface area contributed by atoms with Crippen molar-refractivity contribution in [1.29, 1.82) is 0 Å². The molecule has 0 spiro atoms. The Bertz CT molecular complexity index is 830. The van der Waals surface area contributed by atoms with Gasteiger partial charge in [-0.3, -0.25) is 4.79 Å². The van der Waals surface area contributed by atoms with Crippen LogP contribution in [0.5, 0.6) is 0 Å². The van der Waals surface area contributed by atoms with Crippen LogP contribution in [0.2, 0.25) is 0 Å². The van der Waals surface area contributed by atoms with Gasteiger partial charge in [0, 0.05) is 37.4 Å². The molecular weight excluding hydrogens is 338 g/mol. The number of rotatable bonds is 3. The van der Waals surface area contributed by atoms with Gasteiger partial charge in [0.15, 0.2) is 0 Å². The lowest BCUT2D eigenvalue weighted by Crippen LogP contribution is -2.42. The number of hydrogen-bond donors (Lipinski definition) is 0. The number of likely N-dealkylation sites (tertiary alicyclic amines) is 1. The summed E-state index contributed by atoms with van der Waals surface area (Å²) in [6.07, 6.45) is 4.86. The van der Waals surface area contributed by atoms with Gasteiger partial charge in [-0.25, -0.2) is 9.97 Å². The van der Waals surface area contributed by atoms with Crippen molar-refractivity contribution in [2.45, 2.75) is 39.0 Å². The minimum atomic E-state index is 0.0344. The van der Waals surface area contributed by atoms with Gasteiger partial charge in [-0.05, 0) is 38.7 Å². The van der Waals surface area contributed by atoms with Crippen LogP contribution in [0, 0.1) is 19.8 Å². The van der Waals surface area contributed by atoms with Gasteiger partial charge in [-0.1, -0.05) is 29.8 Å². The Morgan fingerprint density at radius 2 is 2.15 bits per heavy atom. The topological polar surface area (TPSA) is 55.3 Å². The maximum atomic E-state index is 12.9. The van der Waals surface area contributed by atoms with Crippen LogP contribution in [0.4, 0.5) is 0 Å². The van der Waals surface area contributed by atoms with Crippen molar-refractivity contribution in [2.75, 3.05) is 26.3 Å². The normalized spacial score (nSPS) is 22.8. The van der Waals surface area contributed by atoms with E-state index in [1.807, 2.05) is 18.0 Å². The van der Waals surface area contributed by atoms with Crippen molar-refractivity contribution in [3.63, 3.8) is 0 Å². The molecule has 1 aromatic heterocycles. The molecule has 4 rings (SSSR count). The summed E-state index contributed by atoms with van der Waals surface area (Å²) in [6, 6.07) is 8.47. The fraction of sp³-hybridized carbons (Fsp3) is 0.500. The molecule has 0 unspecified atom stereocenters. The van der Waals surface area contributed by atoms with Crippen LogP contribution >= 0.6 is 0 Å². The second-order valence-corrected chi connectivity index (χ2v) is 7.77. The third-order valence-corrected chi connectivity index (χ3v) is 5.67. The molecule has 0 bridgehead atoms. The van der Waals surface area contributed by atoms with E-state index in [-0.39, 0.29) is 17.7 Å². The lowest BCUT2D eigenvalue weighted by atomic mass is 9.89. The van der Waals surface area contributed by atoms with Crippen LogP contribution in [-0.2, 0) is 9.53 Å². The molecule has 3 heterocycles. The molecule has 2 aromatic rings. The first-order chi connectivity index (χ1) is 13.1. The maximum absolute atomic E-state index is 12.9. The first kappa shape index (κ1) is 18.1. The number of aryl methyl sites for hydroxylation is 2. The average Bonchev–Trinajstić information content (AvgIpc) is 3.22. The molecule has 5 nitrogen and oxygen atoms in total. The Labute approximate surface area is 160 Å². The number of aromatic nitrogens is 2. The van der Waals surface area contributed by atoms with E-state index in [2.05, 4.69) is 36.2 Å². The highest BCUT2D eigenvalue weighted by Gasteiger charge is 2.33. The molecule has 142 valence electrons. The molecule has 2 atom stereocenters. The number of nitrogens with zero attached hydrogens (tertiary/aromatic N) is 3. The fourth-order valence-corrected chi connectivity index (χ4v) is 4.22. The third kappa shape index (κ3) is 3.88. The zero-order chi connectivity index (χ0) is 18.8. The quantitative estimate of drug-likeness (QED) is 0.835. The summed E-state index contributed by atoms with van der Waals surface area (Å²) in [7, 11) is 0. The summed E-state index contributed by atoms with van der Waals surface area (Å²) >= 11 is 0. The van der Waals surface area contributed by atoms with Crippen LogP contribution < -0.4 is 0 Å². The van der Waals surface area contributed by atoms with Crippen molar-refractivity contribution in [3.05, 3.63) is 47.5 Å². The highest BCUT2D eigenvalue weighted by atomic mass is 16.5. The largest absolute Gasteiger partial charge is 0.381 e. The molecule has 1 amide bonds. The monoisotopic (exact) mass is 365 g/mol. The van der Waals surface area contributed by atoms with Crippen molar-refractivity contribution < 1.29 is 9.53 Å². The molecule has 2 fully saturated rings. The van der Waals surface area contributed by atoms with Crippen molar-refractivity contribution in [2.24, 2.45) is 5.92 Å². The Balaban J connectivity index is 1.62. The number of ether oxygens (including phenoxy) is 1.